The molecule has 2 aromatic rings. The van der Waals surface area contributed by atoms with Crippen LogP contribution in [0.25, 0.3) is 0 Å². The first kappa shape index (κ1) is 13.4. The Bertz CT molecular complexity index is 537. The van der Waals surface area contributed by atoms with Gasteiger partial charge in [-0.25, -0.2) is 4.98 Å². The first-order valence-corrected chi connectivity index (χ1v) is 6.66. The molecule has 0 amide bonds. The van der Waals surface area contributed by atoms with E-state index in [2.05, 4.69) is 66.4 Å². The predicted octanol–water partition coefficient (Wildman–Crippen LogP) is 3.46. The third-order valence-electron chi connectivity index (χ3n) is 3.01. The summed E-state index contributed by atoms with van der Waals surface area (Å²) in [4.78, 5) is 6.81. The van der Waals surface area contributed by atoms with Crippen molar-refractivity contribution >= 4 is 11.5 Å². The van der Waals surface area contributed by atoms with E-state index >= 15 is 0 Å². The van der Waals surface area contributed by atoms with Gasteiger partial charge in [0.2, 0.25) is 0 Å². The summed E-state index contributed by atoms with van der Waals surface area (Å²) < 4.78 is 0. The van der Waals surface area contributed by atoms with Crippen LogP contribution in [0.1, 0.15) is 18.2 Å². The number of aromatic nitrogens is 1. The summed E-state index contributed by atoms with van der Waals surface area (Å²) in [5.74, 6) is 0.942. The lowest BCUT2D eigenvalue weighted by Gasteiger charge is -2.19. The van der Waals surface area contributed by atoms with E-state index in [1.165, 1.54) is 11.3 Å². The van der Waals surface area contributed by atoms with E-state index in [0.717, 1.165) is 24.6 Å². The summed E-state index contributed by atoms with van der Waals surface area (Å²) in [6.07, 6.45) is 0. The van der Waals surface area contributed by atoms with Crippen molar-refractivity contribution < 1.29 is 0 Å². The standard InChI is InChI=1S/C16H21N3/c1-4-17-16-10-6-8-14(18-16)12-19(3)15-9-5-7-13(2)11-15/h5-11H,4,12H2,1-3H3,(H,17,18). The van der Waals surface area contributed by atoms with E-state index in [1.807, 2.05) is 12.1 Å². The summed E-state index contributed by atoms with van der Waals surface area (Å²) in [6.45, 7) is 5.89. The van der Waals surface area contributed by atoms with Crippen molar-refractivity contribution in [2.45, 2.75) is 20.4 Å². The Kier molecular flexibility index (Phi) is 4.39. The largest absolute Gasteiger partial charge is 0.370 e. The second-order valence-electron chi connectivity index (χ2n) is 4.74. The van der Waals surface area contributed by atoms with Crippen LogP contribution in [0.3, 0.4) is 0 Å². The Hall–Kier alpha value is -2.03. The average Bonchev–Trinajstić information content (AvgIpc) is 2.39. The molecule has 0 aliphatic rings. The number of pyridine rings is 1. The molecule has 1 aromatic carbocycles. The molecule has 0 atom stereocenters. The molecule has 0 bridgehead atoms. The summed E-state index contributed by atoms with van der Waals surface area (Å²) in [5, 5.41) is 3.24. The van der Waals surface area contributed by atoms with Gasteiger partial charge < -0.3 is 10.2 Å². The maximum absolute atomic E-state index is 4.60. The van der Waals surface area contributed by atoms with Crippen LogP contribution in [-0.2, 0) is 6.54 Å². The second kappa shape index (κ2) is 6.23. The van der Waals surface area contributed by atoms with Crippen LogP contribution < -0.4 is 10.2 Å². The Morgan fingerprint density at radius 2 is 1.95 bits per heavy atom. The number of aryl methyl sites for hydroxylation is 1. The lowest BCUT2D eigenvalue weighted by atomic mass is 10.2. The lowest BCUT2D eigenvalue weighted by molar-refractivity contribution is 0.884. The van der Waals surface area contributed by atoms with Gasteiger partial charge in [-0.1, -0.05) is 18.2 Å². The molecule has 0 spiro atoms. The average molecular weight is 255 g/mol. The van der Waals surface area contributed by atoms with Crippen LogP contribution >= 0.6 is 0 Å². The fourth-order valence-corrected chi connectivity index (χ4v) is 2.05. The van der Waals surface area contributed by atoms with Crippen LogP contribution in [0.15, 0.2) is 42.5 Å². The molecule has 19 heavy (non-hydrogen) atoms. The van der Waals surface area contributed by atoms with Crippen LogP contribution in [0.2, 0.25) is 0 Å². The Morgan fingerprint density at radius 3 is 2.68 bits per heavy atom. The first-order chi connectivity index (χ1) is 9.19. The number of hydrogen-bond donors (Lipinski definition) is 1. The van der Waals surface area contributed by atoms with Gasteiger partial charge in [-0.05, 0) is 43.7 Å². The maximum atomic E-state index is 4.60. The third kappa shape index (κ3) is 3.71. The maximum Gasteiger partial charge on any atom is 0.126 e. The minimum atomic E-state index is 0.808. The first-order valence-electron chi connectivity index (χ1n) is 6.66. The van der Waals surface area contributed by atoms with Gasteiger partial charge in [-0.3, -0.25) is 0 Å². The summed E-state index contributed by atoms with van der Waals surface area (Å²) in [6, 6.07) is 14.6. The Labute approximate surface area is 115 Å². The molecule has 0 saturated heterocycles. The van der Waals surface area contributed by atoms with Crippen molar-refractivity contribution in [2.75, 3.05) is 23.8 Å². The molecule has 0 saturated carbocycles. The number of benzene rings is 1. The van der Waals surface area contributed by atoms with E-state index in [-0.39, 0.29) is 0 Å². The quantitative estimate of drug-likeness (QED) is 0.887. The molecular formula is C16H21N3. The van der Waals surface area contributed by atoms with E-state index in [0.29, 0.717) is 0 Å². The highest BCUT2D eigenvalue weighted by Gasteiger charge is 2.04. The van der Waals surface area contributed by atoms with Crippen LogP contribution in [0.5, 0.6) is 0 Å². The summed E-state index contributed by atoms with van der Waals surface area (Å²) >= 11 is 0. The minimum absolute atomic E-state index is 0.808. The SMILES string of the molecule is CCNc1cccc(CN(C)c2cccc(C)c2)n1. The molecule has 100 valence electrons. The van der Waals surface area contributed by atoms with Crippen molar-refractivity contribution in [1.82, 2.24) is 4.98 Å². The van der Waals surface area contributed by atoms with Crippen molar-refractivity contribution in [3.8, 4) is 0 Å². The van der Waals surface area contributed by atoms with Gasteiger partial charge in [-0.15, -0.1) is 0 Å². The zero-order valence-corrected chi connectivity index (χ0v) is 11.9. The van der Waals surface area contributed by atoms with Crippen LogP contribution in [0.4, 0.5) is 11.5 Å². The predicted molar refractivity (Wildman–Crippen MR) is 81.7 cm³/mol. The number of nitrogens with zero attached hydrogens (tertiary/aromatic N) is 2. The summed E-state index contributed by atoms with van der Waals surface area (Å²) in [5.41, 5.74) is 3.57. The minimum Gasteiger partial charge on any atom is -0.370 e. The fourth-order valence-electron chi connectivity index (χ4n) is 2.05. The molecule has 2 rings (SSSR count). The Morgan fingerprint density at radius 1 is 1.16 bits per heavy atom. The molecule has 1 N–H and O–H groups in total. The van der Waals surface area contributed by atoms with Crippen molar-refractivity contribution in [3.63, 3.8) is 0 Å². The highest BCUT2D eigenvalue weighted by molar-refractivity contribution is 5.48. The molecular weight excluding hydrogens is 234 g/mol. The fraction of sp³-hybridized carbons (Fsp3) is 0.312. The van der Waals surface area contributed by atoms with Gasteiger partial charge in [0.05, 0.1) is 12.2 Å². The number of hydrogen-bond acceptors (Lipinski definition) is 3. The topological polar surface area (TPSA) is 28.2 Å². The van der Waals surface area contributed by atoms with Crippen molar-refractivity contribution in [3.05, 3.63) is 53.7 Å². The van der Waals surface area contributed by atoms with E-state index in [4.69, 9.17) is 0 Å². The molecule has 0 aliphatic heterocycles. The van der Waals surface area contributed by atoms with Gasteiger partial charge >= 0.3 is 0 Å². The molecule has 0 aliphatic carbocycles. The van der Waals surface area contributed by atoms with Gasteiger partial charge in [0.1, 0.15) is 5.82 Å². The number of anilines is 2. The molecule has 1 heterocycles. The Balaban J connectivity index is 2.10. The van der Waals surface area contributed by atoms with E-state index in [1.54, 1.807) is 0 Å². The zero-order chi connectivity index (χ0) is 13.7. The molecule has 0 radical (unpaired) electrons. The van der Waals surface area contributed by atoms with Gasteiger partial charge in [0.25, 0.3) is 0 Å². The van der Waals surface area contributed by atoms with E-state index in [9.17, 15) is 0 Å². The van der Waals surface area contributed by atoms with Crippen molar-refractivity contribution in [2.24, 2.45) is 0 Å². The molecule has 3 nitrogen and oxygen atoms in total. The van der Waals surface area contributed by atoms with Gasteiger partial charge in [-0.2, -0.15) is 0 Å². The molecule has 3 heteroatoms. The van der Waals surface area contributed by atoms with Gasteiger partial charge in [0.15, 0.2) is 0 Å². The van der Waals surface area contributed by atoms with Crippen LogP contribution in [0, 0.1) is 6.92 Å². The highest BCUT2D eigenvalue weighted by atomic mass is 15.1. The molecule has 1 aromatic heterocycles. The van der Waals surface area contributed by atoms with Crippen LogP contribution in [-0.4, -0.2) is 18.6 Å². The normalized spacial score (nSPS) is 10.3. The second-order valence-corrected chi connectivity index (χ2v) is 4.74. The molecule has 0 unspecified atom stereocenters. The third-order valence-corrected chi connectivity index (χ3v) is 3.01. The monoisotopic (exact) mass is 255 g/mol. The smallest absolute Gasteiger partial charge is 0.126 e. The highest BCUT2D eigenvalue weighted by Crippen LogP contribution is 2.16. The van der Waals surface area contributed by atoms with Crippen molar-refractivity contribution in [1.29, 1.82) is 0 Å². The summed E-state index contributed by atoms with van der Waals surface area (Å²) in [7, 11) is 2.09. The number of nitrogens with one attached hydrogen (secondary N) is 1. The lowest BCUT2D eigenvalue weighted by Crippen LogP contribution is -2.17. The van der Waals surface area contributed by atoms with E-state index < -0.39 is 0 Å². The van der Waals surface area contributed by atoms with Gasteiger partial charge in [0, 0.05) is 19.3 Å². The zero-order valence-electron chi connectivity index (χ0n) is 11.9. The molecule has 0 fully saturated rings. The number of rotatable bonds is 5.